The van der Waals surface area contributed by atoms with Crippen molar-refractivity contribution in [2.75, 3.05) is 10.2 Å². The number of nitrogens with zero attached hydrogens (tertiary/aromatic N) is 1. The average molecular weight is 489 g/mol. The summed E-state index contributed by atoms with van der Waals surface area (Å²) in [5.74, 6) is -1.38. The van der Waals surface area contributed by atoms with Crippen molar-refractivity contribution >= 4 is 40.9 Å². The van der Waals surface area contributed by atoms with E-state index in [0.29, 0.717) is 16.9 Å². The van der Waals surface area contributed by atoms with Gasteiger partial charge in [-0.3, -0.25) is 9.59 Å². The lowest BCUT2D eigenvalue weighted by atomic mass is 10.2. The Kier molecular flexibility index (Phi) is 6.93. The zero-order chi connectivity index (χ0) is 25.1. The molecule has 0 fully saturated rings. The molecule has 0 unspecified atom stereocenters. The molecular weight excluding hydrogens is 464 g/mol. The molecule has 2 N–H and O–H groups in total. The van der Waals surface area contributed by atoms with Crippen LogP contribution in [0.1, 0.15) is 29.8 Å². The third kappa shape index (κ3) is 5.38. The number of rotatable bonds is 7. The van der Waals surface area contributed by atoms with Crippen LogP contribution in [0.3, 0.4) is 0 Å². The van der Waals surface area contributed by atoms with E-state index in [1.807, 2.05) is 31.2 Å². The molecule has 4 rings (SSSR count). The second-order valence-electron chi connectivity index (χ2n) is 8.24. The lowest BCUT2D eigenvalue weighted by molar-refractivity contribution is -0.120. The van der Waals surface area contributed by atoms with E-state index >= 15 is 0 Å². The first-order chi connectivity index (χ1) is 16.7. The Bertz CT molecular complexity index is 1230. The number of benzene rings is 3. The molecule has 1 aliphatic heterocycles. The van der Waals surface area contributed by atoms with Crippen LogP contribution in [-0.4, -0.2) is 29.0 Å². The number of imide groups is 1. The van der Waals surface area contributed by atoms with Crippen LogP contribution in [0.15, 0.2) is 88.3 Å². The molecular formula is C27H24N2O5S. The molecule has 0 spiro atoms. The fourth-order valence-corrected chi connectivity index (χ4v) is 4.32. The smallest absolute Gasteiger partial charge is 0.338 e. The van der Waals surface area contributed by atoms with Crippen molar-refractivity contribution in [2.24, 2.45) is 0 Å². The Hall–Kier alpha value is -4.04. The van der Waals surface area contributed by atoms with Crippen molar-refractivity contribution in [1.82, 2.24) is 0 Å². The van der Waals surface area contributed by atoms with Crippen LogP contribution in [0.25, 0.3) is 0 Å². The molecule has 0 atom stereocenters. The third-order valence-electron chi connectivity index (χ3n) is 5.12. The number of carbonyl (C=O) groups excluding carboxylic acids is 3. The summed E-state index contributed by atoms with van der Waals surface area (Å²) in [5, 5.41) is 12.6. The molecule has 0 bridgehead atoms. The first-order valence-electron chi connectivity index (χ1n) is 11.0. The molecule has 0 saturated carbocycles. The number of hydrogen-bond acceptors (Lipinski definition) is 7. The molecule has 8 heteroatoms. The molecule has 35 heavy (non-hydrogen) atoms. The van der Waals surface area contributed by atoms with E-state index in [9.17, 15) is 19.5 Å². The van der Waals surface area contributed by atoms with Gasteiger partial charge >= 0.3 is 5.97 Å². The second-order valence-corrected chi connectivity index (χ2v) is 9.32. The minimum atomic E-state index is -0.518. The van der Waals surface area contributed by atoms with Gasteiger partial charge in [-0.25, -0.2) is 9.69 Å². The summed E-state index contributed by atoms with van der Waals surface area (Å²) in [6.45, 7) is 5.49. The van der Waals surface area contributed by atoms with Crippen LogP contribution < -0.4 is 10.2 Å². The minimum absolute atomic E-state index is 0.0883. The van der Waals surface area contributed by atoms with Gasteiger partial charge in [-0.1, -0.05) is 29.5 Å². The maximum Gasteiger partial charge on any atom is 0.338 e. The van der Waals surface area contributed by atoms with Gasteiger partial charge in [-0.15, -0.1) is 0 Å². The number of nitrogens with one attached hydrogen (secondary N) is 1. The Morgan fingerprint density at radius 1 is 0.914 bits per heavy atom. The summed E-state index contributed by atoms with van der Waals surface area (Å²) in [4.78, 5) is 41.2. The second kappa shape index (κ2) is 10.1. The fourth-order valence-electron chi connectivity index (χ4n) is 3.39. The molecule has 178 valence electrons. The van der Waals surface area contributed by atoms with Gasteiger partial charge in [0.15, 0.2) is 0 Å². The molecule has 3 aromatic carbocycles. The Balaban J connectivity index is 1.66. The van der Waals surface area contributed by atoms with Crippen LogP contribution in [-0.2, 0) is 14.3 Å². The Labute approximate surface area is 207 Å². The zero-order valence-electron chi connectivity index (χ0n) is 19.4. The number of aryl methyl sites for hydroxylation is 1. The molecule has 0 radical (unpaired) electrons. The van der Waals surface area contributed by atoms with Crippen LogP contribution in [0.5, 0.6) is 5.75 Å². The number of phenols is 1. The number of thioether (sulfide) groups is 1. The highest BCUT2D eigenvalue weighted by Gasteiger charge is 2.40. The standard InChI is InChI=1S/C27H24N2O5S/c1-16(2)34-27(33)18-6-10-20(11-7-18)29-25(31)23(28-19-8-12-21(30)13-9-19)24(26(29)32)35-22-14-4-17(3)5-15-22/h4-16,28,30H,1-3H3. The summed E-state index contributed by atoms with van der Waals surface area (Å²) < 4.78 is 5.20. The summed E-state index contributed by atoms with van der Waals surface area (Å²) >= 11 is 1.20. The van der Waals surface area contributed by atoms with E-state index < -0.39 is 17.8 Å². The van der Waals surface area contributed by atoms with E-state index in [1.54, 1.807) is 38.1 Å². The monoisotopic (exact) mass is 488 g/mol. The van der Waals surface area contributed by atoms with Gasteiger partial charge in [0.1, 0.15) is 16.4 Å². The zero-order valence-corrected chi connectivity index (χ0v) is 20.3. The molecule has 7 nitrogen and oxygen atoms in total. The maximum absolute atomic E-state index is 13.5. The Morgan fingerprint density at radius 2 is 1.54 bits per heavy atom. The van der Waals surface area contributed by atoms with Crippen molar-refractivity contribution in [2.45, 2.75) is 31.8 Å². The van der Waals surface area contributed by atoms with Gasteiger partial charge in [0.2, 0.25) is 0 Å². The number of aromatic hydroxyl groups is 1. The lowest BCUT2D eigenvalue weighted by Crippen LogP contribution is -2.32. The van der Waals surface area contributed by atoms with Crippen LogP contribution >= 0.6 is 11.8 Å². The highest BCUT2D eigenvalue weighted by atomic mass is 32.2. The number of amides is 2. The van der Waals surface area contributed by atoms with Gasteiger partial charge < -0.3 is 15.2 Å². The molecule has 0 aromatic heterocycles. The van der Waals surface area contributed by atoms with Crippen molar-refractivity contribution in [3.63, 3.8) is 0 Å². The largest absolute Gasteiger partial charge is 0.508 e. The van der Waals surface area contributed by atoms with Crippen molar-refractivity contribution in [3.05, 3.63) is 94.5 Å². The molecule has 2 amide bonds. The first kappa shape index (κ1) is 24.1. The van der Waals surface area contributed by atoms with E-state index in [-0.39, 0.29) is 22.5 Å². The quantitative estimate of drug-likeness (QED) is 0.266. The summed E-state index contributed by atoms with van der Waals surface area (Å²) in [6.07, 6.45) is -0.261. The average Bonchev–Trinajstić information content (AvgIpc) is 3.05. The van der Waals surface area contributed by atoms with Gasteiger partial charge in [-0.2, -0.15) is 0 Å². The van der Waals surface area contributed by atoms with Gasteiger partial charge in [-0.05, 0) is 81.4 Å². The van der Waals surface area contributed by atoms with E-state index in [2.05, 4.69) is 5.32 Å². The van der Waals surface area contributed by atoms with E-state index in [1.165, 1.54) is 36.0 Å². The predicted molar refractivity (Wildman–Crippen MR) is 135 cm³/mol. The van der Waals surface area contributed by atoms with Gasteiger partial charge in [0.05, 0.1) is 17.4 Å². The molecule has 0 aliphatic carbocycles. The minimum Gasteiger partial charge on any atom is -0.508 e. The summed E-state index contributed by atoms with van der Waals surface area (Å²) in [7, 11) is 0. The maximum atomic E-state index is 13.5. The van der Waals surface area contributed by atoms with Crippen molar-refractivity contribution < 1.29 is 24.2 Å². The number of hydrogen-bond donors (Lipinski definition) is 2. The molecule has 0 saturated heterocycles. The summed E-state index contributed by atoms with van der Waals surface area (Å²) in [5.41, 5.74) is 2.43. The molecule has 1 heterocycles. The van der Waals surface area contributed by atoms with Gasteiger partial charge in [0.25, 0.3) is 11.8 Å². The van der Waals surface area contributed by atoms with Gasteiger partial charge in [0, 0.05) is 10.6 Å². The van der Waals surface area contributed by atoms with Crippen LogP contribution in [0.2, 0.25) is 0 Å². The number of phenolic OH excluding ortho intramolecular Hbond substituents is 1. The van der Waals surface area contributed by atoms with Crippen LogP contribution in [0, 0.1) is 6.92 Å². The number of carbonyl (C=O) groups is 3. The first-order valence-corrected chi connectivity index (χ1v) is 11.8. The normalized spacial score (nSPS) is 13.5. The number of anilines is 2. The molecule has 1 aliphatic rings. The highest BCUT2D eigenvalue weighted by molar-refractivity contribution is 8.04. The number of esters is 1. The lowest BCUT2D eigenvalue weighted by Gasteiger charge is -2.16. The van der Waals surface area contributed by atoms with Crippen LogP contribution in [0.4, 0.5) is 11.4 Å². The van der Waals surface area contributed by atoms with Crippen molar-refractivity contribution in [1.29, 1.82) is 0 Å². The highest BCUT2D eigenvalue weighted by Crippen LogP contribution is 2.38. The third-order valence-corrected chi connectivity index (χ3v) is 6.21. The van der Waals surface area contributed by atoms with E-state index in [0.717, 1.165) is 15.4 Å². The SMILES string of the molecule is Cc1ccc(SC2=C(Nc3ccc(O)cc3)C(=O)N(c3ccc(C(=O)OC(C)C)cc3)C2=O)cc1. The predicted octanol–water partition coefficient (Wildman–Crippen LogP) is 5.26. The summed E-state index contributed by atoms with van der Waals surface area (Å²) in [6, 6.07) is 20.0. The van der Waals surface area contributed by atoms with Crippen molar-refractivity contribution in [3.8, 4) is 5.75 Å². The van der Waals surface area contributed by atoms with E-state index in [4.69, 9.17) is 4.74 Å². The Morgan fingerprint density at radius 3 is 2.14 bits per heavy atom. The molecule has 3 aromatic rings. The number of ether oxygens (including phenoxy) is 1. The topological polar surface area (TPSA) is 95.9 Å². The fraction of sp³-hybridized carbons (Fsp3) is 0.148.